The number of hydrogen-bond donors (Lipinski definition) is 1. The van der Waals surface area contributed by atoms with E-state index in [-0.39, 0.29) is 23.8 Å². The predicted molar refractivity (Wildman–Crippen MR) is 144 cm³/mol. The minimum Gasteiger partial charge on any atom is -0.485 e. The Balaban J connectivity index is 1.62. The molecule has 0 aliphatic rings. The van der Waals surface area contributed by atoms with E-state index >= 15 is 0 Å². The smallest absolute Gasteiger partial charge is 0.416 e. The Labute approximate surface area is 237 Å². The van der Waals surface area contributed by atoms with E-state index in [4.69, 9.17) is 26.2 Å². The minimum absolute atomic E-state index is 0.0143. The number of aryl methyl sites for hydroxylation is 2. The molecule has 0 saturated heterocycles. The number of carbonyl (C=O) groups is 1. The summed E-state index contributed by atoms with van der Waals surface area (Å²) in [6.07, 6.45) is -4.61. The zero-order chi connectivity index (χ0) is 29.0. The highest BCUT2D eigenvalue weighted by Gasteiger charge is 2.30. The van der Waals surface area contributed by atoms with Crippen LogP contribution < -0.4 is 9.47 Å². The predicted octanol–water partition coefficient (Wildman–Crippen LogP) is 8.67. The van der Waals surface area contributed by atoms with Crippen molar-refractivity contribution in [2.75, 3.05) is 0 Å². The van der Waals surface area contributed by atoms with Gasteiger partial charge in [-0.3, -0.25) is 4.79 Å². The topological polar surface area (TPSA) is 68.7 Å². The Morgan fingerprint density at radius 2 is 1.85 bits per heavy atom. The van der Waals surface area contributed by atoms with Crippen molar-refractivity contribution < 1.29 is 36.9 Å². The van der Waals surface area contributed by atoms with Gasteiger partial charge in [-0.15, -0.1) is 11.3 Å². The lowest BCUT2D eigenvalue weighted by Crippen LogP contribution is -2.07. The number of aromatic nitrogens is 1. The van der Waals surface area contributed by atoms with Crippen LogP contribution in [0.2, 0.25) is 5.02 Å². The summed E-state index contributed by atoms with van der Waals surface area (Å²) in [5.74, 6) is -1.12. The van der Waals surface area contributed by atoms with Gasteiger partial charge in [-0.2, -0.15) is 13.2 Å². The molecule has 0 radical (unpaired) electrons. The number of nitrogens with zero attached hydrogens (tertiary/aromatic N) is 1. The highest BCUT2D eigenvalue weighted by molar-refractivity contribution is 7.15. The van der Waals surface area contributed by atoms with Gasteiger partial charge in [0.25, 0.3) is 0 Å². The first-order valence-corrected chi connectivity index (χ1v) is 13.3. The van der Waals surface area contributed by atoms with Gasteiger partial charge in [0, 0.05) is 12.0 Å². The zero-order valence-electron chi connectivity index (χ0n) is 21.4. The van der Waals surface area contributed by atoms with Crippen molar-refractivity contribution in [3.05, 3.63) is 98.8 Å². The summed E-state index contributed by atoms with van der Waals surface area (Å²) in [5.41, 5.74) is 1.88. The van der Waals surface area contributed by atoms with Crippen LogP contribution >= 0.6 is 22.9 Å². The summed E-state index contributed by atoms with van der Waals surface area (Å²) in [7, 11) is 0. The molecule has 0 aliphatic carbocycles. The number of para-hydroxylation sites is 1. The van der Waals surface area contributed by atoms with Crippen LogP contribution in [0.5, 0.6) is 11.5 Å². The van der Waals surface area contributed by atoms with Crippen molar-refractivity contribution in [2.45, 2.75) is 45.6 Å². The van der Waals surface area contributed by atoms with Crippen LogP contribution in [0, 0.1) is 12.7 Å². The molecule has 0 fully saturated rings. The van der Waals surface area contributed by atoms with Gasteiger partial charge in [0.15, 0.2) is 11.6 Å². The summed E-state index contributed by atoms with van der Waals surface area (Å²) in [5, 5.41) is 9.48. The number of thiazole rings is 1. The van der Waals surface area contributed by atoms with Crippen molar-refractivity contribution in [3.63, 3.8) is 0 Å². The molecule has 11 heteroatoms. The highest BCUT2D eigenvalue weighted by Crippen LogP contribution is 2.37. The first-order valence-electron chi connectivity index (χ1n) is 12.1. The molecule has 1 aromatic heterocycles. The SMILES string of the molecule is Cc1cc(O[C@@H](C)c2sc(-c3ccc(C(F)(F)F)cc3)nc2COc2c(F)cccc2Cl)ccc1CCC(=O)O. The number of aliphatic carboxylic acids is 1. The molecule has 4 rings (SSSR count). The average Bonchev–Trinajstić information content (AvgIpc) is 3.32. The van der Waals surface area contributed by atoms with E-state index in [0.29, 0.717) is 33.3 Å². The van der Waals surface area contributed by atoms with Crippen LogP contribution in [-0.2, 0) is 24.0 Å². The fourth-order valence-electron chi connectivity index (χ4n) is 3.99. The van der Waals surface area contributed by atoms with Crippen molar-refractivity contribution >= 4 is 28.9 Å². The Bertz CT molecular complexity index is 1480. The molecule has 1 heterocycles. The second kappa shape index (κ2) is 12.3. The van der Waals surface area contributed by atoms with Gasteiger partial charge < -0.3 is 14.6 Å². The zero-order valence-corrected chi connectivity index (χ0v) is 23.0. The third-order valence-electron chi connectivity index (χ3n) is 6.06. The molecule has 0 spiro atoms. The van der Waals surface area contributed by atoms with Gasteiger partial charge in [-0.1, -0.05) is 35.9 Å². The van der Waals surface area contributed by atoms with Gasteiger partial charge >= 0.3 is 12.1 Å². The molecule has 0 bridgehead atoms. The first-order chi connectivity index (χ1) is 18.9. The van der Waals surface area contributed by atoms with E-state index < -0.39 is 29.6 Å². The monoisotopic (exact) mass is 593 g/mol. The number of ether oxygens (including phenoxy) is 2. The molecular formula is C29H24ClF4NO4S. The van der Waals surface area contributed by atoms with Crippen molar-refractivity contribution in [3.8, 4) is 22.1 Å². The second-order valence-electron chi connectivity index (χ2n) is 8.99. The third-order valence-corrected chi connectivity index (χ3v) is 7.67. The molecule has 4 aromatic rings. The van der Waals surface area contributed by atoms with Crippen LogP contribution in [0.15, 0.2) is 60.7 Å². The van der Waals surface area contributed by atoms with Crippen LogP contribution in [0.25, 0.3) is 10.6 Å². The third kappa shape index (κ3) is 7.11. The summed E-state index contributed by atoms with van der Waals surface area (Å²) in [4.78, 5) is 16.1. The second-order valence-corrected chi connectivity index (χ2v) is 10.4. The van der Waals surface area contributed by atoms with Crippen molar-refractivity contribution in [1.82, 2.24) is 4.98 Å². The van der Waals surface area contributed by atoms with E-state index in [1.54, 1.807) is 19.1 Å². The lowest BCUT2D eigenvalue weighted by atomic mass is 10.0. The number of benzene rings is 3. The van der Waals surface area contributed by atoms with E-state index in [1.165, 1.54) is 41.7 Å². The molecule has 1 N–H and O–H groups in total. The fraction of sp³-hybridized carbons (Fsp3) is 0.241. The molecular weight excluding hydrogens is 570 g/mol. The average molecular weight is 594 g/mol. The highest BCUT2D eigenvalue weighted by atomic mass is 35.5. The van der Waals surface area contributed by atoms with Crippen LogP contribution in [0.1, 0.15) is 46.7 Å². The van der Waals surface area contributed by atoms with E-state index in [0.717, 1.165) is 23.3 Å². The molecule has 40 heavy (non-hydrogen) atoms. The normalized spacial score (nSPS) is 12.3. The number of rotatable bonds is 10. The molecule has 5 nitrogen and oxygen atoms in total. The van der Waals surface area contributed by atoms with Crippen molar-refractivity contribution in [2.24, 2.45) is 0 Å². The fourth-order valence-corrected chi connectivity index (χ4v) is 5.26. The van der Waals surface area contributed by atoms with Crippen LogP contribution in [-0.4, -0.2) is 16.1 Å². The number of carboxylic acids is 1. The van der Waals surface area contributed by atoms with Gasteiger partial charge in [0.05, 0.1) is 21.2 Å². The molecule has 3 aromatic carbocycles. The first kappa shape index (κ1) is 29.4. The minimum atomic E-state index is -4.46. The Kier molecular flexibility index (Phi) is 9.00. The van der Waals surface area contributed by atoms with Gasteiger partial charge in [-0.05, 0) is 67.8 Å². The van der Waals surface area contributed by atoms with Crippen LogP contribution in [0.3, 0.4) is 0 Å². The summed E-state index contributed by atoms with van der Waals surface area (Å²) in [6, 6.07) is 14.2. The largest absolute Gasteiger partial charge is 0.485 e. The van der Waals surface area contributed by atoms with Gasteiger partial charge in [0.1, 0.15) is 23.5 Å². The molecule has 1 atom stereocenters. The molecule has 0 amide bonds. The summed E-state index contributed by atoms with van der Waals surface area (Å²) >= 11 is 7.32. The number of carboxylic acid groups (broad SMARTS) is 1. The quantitative estimate of drug-likeness (QED) is 0.186. The summed E-state index contributed by atoms with van der Waals surface area (Å²) < 4.78 is 65.3. The maximum Gasteiger partial charge on any atom is 0.416 e. The molecule has 0 saturated carbocycles. The molecule has 0 unspecified atom stereocenters. The van der Waals surface area contributed by atoms with Crippen LogP contribution in [0.4, 0.5) is 17.6 Å². The van der Waals surface area contributed by atoms with Crippen molar-refractivity contribution in [1.29, 1.82) is 0 Å². The Hall–Kier alpha value is -3.63. The van der Waals surface area contributed by atoms with E-state index in [1.807, 2.05) is 13.0 Å². The number of hydrogen-bond acceptors (Lipinski definition) is 5. The molecule has 210 valence electrons. The maximum absolute atomic E-state index is 14.3. The number of alkyl halides is 3. The lowest BCUT2D eigenvalue weighted by molar-refractivity contribution is -0.138. The Morgan fingerprint density at radius 3 is 2.48 bits per heavy atom. The summed E-state index contributed by atoms with van der Waals surface area (Å²) in [6.45, 7) is 3.49. The standard InChI is InChI=1S/C29H24ClF4NO4S/c1-16-14-21(12-8-18(16)9-13-25(36)37)39-17(2)27-24(15-38-26-22(30)4-3-5-23(26)31)35-28(40-27)19-6-10-20(11-7-19)29(32,33)34/h3-8,10-12,14,17H,9,13,15H2,1-2H3,(H,36,37)/t17-/m0/s1. The van der Waals surface area contributed by atoms with E-state index in [2.05, 4.69) is 4.98 Å². The lowest BCUT2D eigenvalue weighted by Gasteiger charge is -2.16. The Morgan fingerprint density at radius 1 is 1.12 bits per heavy atom. The molecule has 0 aliphatic heterocycles. The maximum atomic E-state index is 14.3. The number of halogens is 5. The van der Waals surface area contributed by atoms with E-state index in [9.17, 15) is 22.4 Å². The van der Waals surface area contributed by atoms with Gasteiger partial charge in [-0.25, -0.2) is 9.37 Å². The van der Waals surface area contributed by atoms with Gasteiger partial charge in [0.2, 0.25) is 0 Å².